The first-order chi connectivity index (χ1) is 9.31. The SMILES string of the molecule is CCCCCCCCCCCCCCCC(=S)OC. The summed E-state index contributed by atoms with van der Waals surface area (Å²) in [6, 6.07) is 0. The molecule has 114 valence electrons. The second-order valence-electron chi connectivity index (χ2n) is 5.57. The van der Waals surface area contributed by atoms with Crippen LogP contribution in [0.25, 0.3) is 0 Å². The lowest BCUT2D eigenvalue weighted by Crippen LogP contribution is -1.96. The predicted molar refractivity (Wildman–Crippen MR) is 89.9 cm³/mol. The summed E-state index contributed by atoms with van der Waals surface area (Å²) in [5, 5.41) is 0.767. The second-order valence-corrected chi connectivity index (χ2v) is 6.02. The number of unbranched alkanes of at least 4 members (excludes halogenated alkanes) is 12. The Labute approximate surface area is 126 Å². The highest BCUT2D eigenvalue weighted by Gasteiger charge is 1.96. The van der Waals surface area contributed by atoms with Gasteiger partial charge in [0.25, 0.3) is 0 Å². The zero-order valence-corrected chi connectivity index (χ0v) is 14.0. The van der Waals surface area contributed by atoms with Crippen molar-refractivity contribution in [2.45, 2.75) is 96.8 Å². The van der Waals surface area contributed by atoms with Crippen molar-refractivity contribution in [1.82, 2.24) is 0 Å². The van der Waals surface area contributed by atoms with Crippen molar-refractivity contribution >= 4 is 17.3 Å². The summed E-state index contributed by atoms with van der Waals surface area (Å²) in [7, 11) is 1.67. The Hall–Kier alpha value is -0.110. The molecule has 19 heavy (non-hydrogen) atoms. The van der Waals surface area contributed by atoms with E-state index in [9.17, 15) is 0 Å². The minimum absolute atomic E-state index is 0.767. The molecule has 0 atom stereocenters. The Bertz CT molecular complexity index is 192. The van der Waals surface area contributed by atoms with Crippen molar-refractivity contribution in [3.05, 3.63) is 0 Å². The van der Waals surface area contributed by atoms with Gasteiger partial charge in [0.2, 0.25) is 0 Å². The number of hydrogen-bond donors (Lipinski definition) is 0. The molecule has 0 aliphatic rings. The van der Waals surface area contributed by atoms with E-state index in [1.54, 1.807) is 7.11 Å². The molecule has 0 rings (SSSR count). The van der Waals surface area contributed by atoms with Gasteiger partial charge in [0.05, 0.1) is 7.11 Å². The van der Waals surface area contributed by atoms with Gasteiger partial charge in [-0.15, -0.1) is 0 Å². The van der Waals surface area contributed by atoms with Crippen LogP contribution < -0.4 is 0 Å². The van der Waals surface area contributed by atoms with Gasteiger partial charge in [0, 0.05) is 6.42 Å². The van der Waals surface area contributed by atoms with Crippen molar-refractivity contribution < 1.29 is 4.74 Å². The lowest BCUT2D eigenvalue weighted by Gasteiger charge is -2.03. The van der Waals surface area contributed by atoms with Crippen LogP contribution in [-0.4, -0.2) is 12.2 Å². The molecule has 0 radical (unpaired) electrons. The summed E-state index contributed by atoms with van der Waals surface area (Å²) in [6.07, 6.45) is 19.1. The highest BCUT2D eigenvalue weighted by atomic mass is 32.1. The molecule has 0 bridgehead atoms. The third-order valence-corrected chi connectivity index (χ3v) is 4.08. The van der Waals surface area contributed by atoms with E-state index in [1.807, 2.05) is 0 Å². The van der Waals surface area contributed by atoms with Gasteiger partial charge in [-0.2, -0.15) is 0 Å². The average molecular weight is 287 g/mol. The number of thiocarbonyl (C=S) groups is 1. The summed E-state index contributed by atoms with van der Waals surface area (Å²) in [5.41, 5.74) is 0. The van der Waals surface area contributed by atoms with Crippen molar-refractivity contribution in [3.63, 3.8) is 0 Å². The van der Waals surface area contributed by atoms with Gasteiger partial charge >= 0.3 is 0 Å². The molecule has 2 heteroatoms. The van der Waals surface area contributed by atoms with Gasteiger partial charge in [-0.05, 0) is 18.6 Å². The normalized spacial score (nSPS) is 10.6. The molecule has 0 N–H and O–H groups in total. The van der Waals surface area contributed by atoms with Crippen LogP contribution >= 0.6 is 12.2 Å². The maximum Gasteiger partial charge on any atom is 0.159 e. The summed E-state index contributed by atoms with van der Waals surface area (Å²) in [5.74, 6) is 0. The van der Waals surface area contributed by atoms with Crippen LogP contribution in [-0.2, 0) is 4.74 Å². The number of ether oxygens (including phenoxy) is 1. The van der Waals surface area contributed by atoms with Crippen LogP contribution in [0.15, 0.2) is 0 Å². The first kappa shape index (κ1) is 18.9. The van der Waals surface area contributed by atoms with Gasteiger partial charge < -0.3 is 4.74 Å². The van der Waals surface area contributed by atoms with Gasteiger partial charge in [0.15, 0.2) is 5.05 Å². The Morgan fingerprint density at radius 2 is 1.05 bits per heavy atom. The maximum atomic E-state index is 5.02. The fourth-order valence-electron chi connectivity index (χ4n) is 2.39. The highest BCUT2D eigenvalue weighted by Crippen LogP contribution is 2.13. The lowest BCUT2D eigenvalue weighted by molar-refractivity contribution is 0.399. The van der Waals surface area contributed by atoms with Gasteiger partial charge in [-0.1, -0.05) is 84.0 Å². The van der Waals surface area contributed by atoms with Crippen molar-refractivity contribution in [3.8, 4) is 0 Å². The molecular formula is C17H34OS. The maximum absolute atomic E-state index is 5.02. The summed E-state index contributed by atoms with van der Waals surface area (Å²) in [6.45, 7) is 2.28. The highest BCUT2D eigenvalue weighted by molar-refractivity contribution is 7.80. The molecule has 0 saturated heterocycles. The monoisotopic (exact) mass is 286 g/mol. The minimum atomic E-state index is 0.767. The van der Waals surface area contributed by atoms with Crippen molar-refractivity contribution in [2.24, 2.45) is 0 Å². The second kappa shape index (κ2) is 15.9. The largest absolute Gasteiger partial charge is 0.490 e. The molecule has 0 heterocycles. The zero-order chi connectivity index (χ0) is 14.2. The summed E-state index contributed by atoms with van der Waals surface area (Å²) in [4.78, 5) is 0. The Morgan fingerprint density at radius 1 is 0.684 bits per heavy atom. The number of hydrogen-bond acceptors (Lipinski definition) is 2. The van der Waals surface area contributed by atoms with Crippen LogP contribution in [0.1, 0.15) is 96.8 Å². The van der Waals surface area contributed by atoms with Crippen LogP contribution in [0.5, 0.6) is 0 Å². The average Bonchev–Trinajstić information content (AvgIpc) is 2.43. The molecule has 0 fully saturated rings. The van der Waals surface area contributed by atoms with Crippen LogP contribution in [0.4, 0.5) is 0 Å². The minimum Gasteiger partial charge on any atom is -0.490 e. The fourth-order valence-corrected chi connectivity index (χ4v) is 2.53. The Kier molecular flexibility index (Phi) is 15.9. The molecule has 0 aromatic heterocycles. The molecule has 0 aromatic rings. The zero-order valence-electron chi connectivity index (χ0n) is 13.2. The van der Waals surface area contributed by atoms with Crippen LogP contribution in [0.2, 0.25) is 0 Å². The quantitative estimate of drug-likeness (QED) is 0.268. The van der Waals surface area contributed by atoms with Crippen molar-refractivity contribution in [1.29, 1.82) is 0 Å². The van der Waals surface area contributed by atoms with E-state index in [-0.39, 0.29) is 0 Å². The molecule has 0 saturated carbocycles. The van der Waals surface area contributed by atoms with E-state index in [2.05, 4.69) is 6.92 Å². The molecule has 0 spiro atoms. The van der Waals surface area contributed by atoms with Crippen LogP contribution in [0.3, 0.4) is 0 Å². The number of methoxy groups -OCH3 is 1. The summed E-state index contributed by atoms with van der Waals surface area (Å²) >= 11 is 5.02. The van der Waals surface area contributed by atoms with E-state index >= 15 is 0 Å². The van der Waals surface area contributed by atoms with Crippen molar-refractivity contribution in [2.75, 3.05) is 7.11 Å². The molecule has 0 aromatic carbocycles. The summed E-state index contributed by atoms with van der Waals surface area (Å²) < 4.78 is 4.99. The Balaban J connectivity index is 2.97. The third kappa shape index (κ3) is 15.8. The Morgan fingerprint density at radius 3 is 1.42 bits per heavy atom. The van der Waals surface area contributed by atoms with E-state index in [0.29, 0.717) is 0 Å². The van der Waals surface area contributed by atoms with E-state index < -0.39 is 0 Å². The van der Waals surface area contributed by atoms with Gasteiger partial charge in [0.1, 0.15) is 0 Å². The molecule has 1 nitrogen and oxygen atoms in total. The van der Waals surface area contributed by atoms with Gasteiger partial charge in [-0.3, -0.25) is 0 Å². The molecule has 0 aliphatic heterocycles. The topological polar surface area (TPSA) is 9.23 Å². The lowest BCUT2D eigenvalue weighted by atomic mass is 10.0. The first-order valence-electron chi connectivity index (χ1n) is 8.38. The number of rotatable bonds is 14. The first-order valence-corrected chi connectivity index (χ1v) is 8.79. The third-order valence-electron chi connectivity index (χ3n) is 3.71. The van der Waals surface area contributed by atoms with E-state index in [0.717, 1.165) is 11.5 Å². The molecular weight excluding hydrogens is 252 g/mol. The van der Waals surface area contributed by atoms with Gasteiger partial charge in [-0.25, -0.2) is 0 Å². The molecule has 0 amide bonds. The van der Waals surface area contributed by atoms with E-state index in [1.165, 1.54) is 83.5 Å². The van der Waals surface area contributed by atoms with Crippen LogP contribution in [0, 0.1) is 0 Å². The molecule has 0 unspecified atom stereocenters. The molecule has 0 aliphatic carbocycles. The standard InChI is InChI=1S/C17H34OS/c1-3-4-5-6-7-8-9-10-11-12-13-14-15-16-17(19)18-2/h3-16H2,1-2H3. The predicted octanol–water partition coefficient (Wildman–Crippen LogP) is 6.44. The van der Waals surface area contributed by atoms with E-state index in [4.69, 9.17) is 17.0 Å². The fraction of sp³-hybridized carbons (Fsp3) is 0.941. The smallest absolute Gasteiger partial charge is 0.159 e.